The molecule has 0 bridgehead atoms. The normalized spacial score (nSPS) is 13.7. The molecule has 0 radical (unpaired) electrons. The molecule has 3 aromatic heterocycles. The zero-order valence-electron chi connectivity index (χ0n) is 22.5. The summed E-state index contributed by atoms with van der Waals surface area (Å²) < 4.78 is 21.2. The minimum absolute atomic E-state index is 0.0185. The number of anilines is 2. The van der Waals surface area contributed by atoms with Crippen molar-refractivity contribution in [3.8, 4) is 17.2 Å². The third-order valence-corrected chi connectivity index (χ3v) is 8.02. The number of pyridine rings is 2. The number of likely N-dealkylation sites (tertiary alicyclic amines) is 1. The summed E-state index contributed by atoms with van der Waals surface area (Å²) in [6, 6.07) is 13.5. The van der Waals surface area contributed by atoms with Crippen LogP contribution in [-0.2, 0) is 9.53 Å². The van der Waals surface area contributed by atoms with E-state index in [-0.39, 0.29) is 18.4 Å². The Kier molecular flexibility index (Phi) is 9.09. The first-order valence-corrected chi connectivity index (χ1v) is 14.4. The third-order valence-electron chi connectivity index (χ3n) is 6.43. The molecule has 0 aliphatic carbocycles. The van der Waals surface area contributed by atoms with Crippen LogP contribution < -0.4 is 14.8 Å². The predicted molar refractivity (Wildman–Crippen MR) is 154 cm³/mol. The second kappa shape index (κ2) is 13.1. The van der Waals surface area contributed by atoms with Crippen LogP contribution in [-0.4, -0.2) is 64.0 Å². The van der Waals surface area contributed by atoms with Gasteiger partial charge in [-0.3, -0.25) is 9.78 Å². The fourth-order valence-corrected chi connectivity index (χ4v) is 5.82. The average Bonchev–Trinajstić information content (AvgIpc) is 3.44. The van der Waals surface area contributed by atoms with Crippen LogP contribution in [0.5, 0.6) is 17.2 Å². The van der Waals surface area contributed by atoms with Crippen molar-refractivity contribution in [2.75, 3.05) is 39.2 Å². The van der Waals surface area contributed by atoms with E-state index in [0.29, 0.717) is 35.5 Å². The molecule has 1 N–H and O–H groups in total. The predicted octanol–water partition coefficient (Wildman–Crippen LogP) is 5.68. The molecule has 0 spiro atoms. The fraction of sp³-hybridized carbons (Fsp3) is 0.321. The van der Waals surface area contributed by atoms with E-state index in [9.17, 15) is 4.79 Å². The Hall–Kier alpha value is -3.74. The highest BCUT2D eigenvalue weighted by molar-refractivity contribution is 7.99. The van der Waals surface area contributed by atoms with Crippen molar-refractivity contribution in [1.29, 1.82) is 0 Å². The molecule has 4 aromatic rings. The minimum Gasteiger partial charge on any atom is -0.497 e. The highest BCUT2D eigenvalue weighted by Gasteiger charge is 2.26. The topological polar surface area (TPSA) is 112 Å². The summed E-state index contributed by atoms with van der Waals surface area (Å²) in [5.74, 6) is 3.50. The Bertz CT molecular complexity index is 1460. The van der Waals surface area contributed by atoms with Crippen LogP contribution in [0, 0.1) is 6.92 Å². The summed E-state index contributed by atoms with van der Waals surface area (Å²) in [5, 5.41) is 3.93. The maximum atomic E-state index is 12.1. The highest BCUT2D eigenvalue weighted by Crippen LogP contribution is 2.38. The Morgan fingerprint density at radius 3 is 2.73 bits per heavy atom. The number of carbonyl (C=O) groups excluding carboxylic acids is 1. The fourth-order valence-electron chi connectivity index (χ4n) is 4.31. The van der Waals surface area contributed by atoms with Crippen molar-refractivity contribution < 1.29 is 19.0 Å². The number of amides is 1. The molecule has 0 atom stereocenters. The van der Waals surface area contributed by atoms with E-state index >= 15 is 0 Å². The quantitative estimate of drug-likeness (QED) is 0.252. The first-order valence-electron chi connectivity index (χ1n) is 12.8. The van der Waals surface area contributed by atoms with E-state index in [4.69, 9.17) is 19.2 Å². The van der Waals surface area contributed by atoms with Gasteiger partial charge in [0.05, 0.1) is 12.8 Å². The summed E-state index contributed by atoms with van der Waals surface area (Å²) in [6.07, 6.45) is 5.16. The van der Waals surface area contributed by atoms with Gasteiger partial charge in [0.1, 0.15) is 23.9 Å². The molecular weight excluding hydrogens is 548 g/mol. The number of aryl methyl sites for hydroxylation is 1. The Morgan fingerprint density at radius 1 is 1.10 bits per heavy atom. The SMILES string of the molecule is COCC(=O)N1CCC(c2nsc(Nc3ncc(Sc4cccc(OC)c4)cc3Oc3cccnc3C)n2)CC1. The molecule has 1 saturated heterocycles. The average molecular weight is 579 g/mol. The molecule has 12 heteroatoms. The monoisotopic (exact) mass is 578 g/mol. The smallest absolute Gasteiger partial charge is 0.248 e. The van der Waals surface area contributed by atoms with Crippen molar-refractivity contribution in [1.82, 2.24) is 24.2 Å². The third kappa shape index (κ3) is 6.87. The van der Waals surface area contributed by atoms with E-state index in [0.717, 1.165) is 39.9 Å². The van der Waals surface area contributed by atoms with Gasteiger partial charge in [-0.25, -0.2) is 9.97 Å². The standard InChI is InChI=1S/C28H30N6O4S2/c1-18-23(8-5-11-29-18)38-24-15-22(39-21-7-4-6-20(14-21)37-3)16-30-27(24)32-28-31-26(33-40-28)19-9-12-34(13-10-19)25(35)17-36-2/h4-8,11,14-16,19H,9-10,12-13,17H2,1-3H3,(H,30,31,32,33). The molecule has 0 unspecified atom stereocenters. The number of carbonyl (C=O) groups is 1. The number of ether oxygens (including phenoxy) is 3. The summed E-state index contributed by atoms with van der Waals surface area (Å²) in [5.41, 5.74) is 0.771. The molecule has 1 aromatic carbocycles. The lowest BCUT2D eigenvalue weighted by Gasteiger charge is -2.30. The van der Waals surface area contributed by atoms with Gasteiger partial charge in [0.2, 0.25) is 11.0 Å². The lowest BCUT2D eigenvalue weighted by atomic mass is 9.96. The summed E-state index contributed by atoms with van der Waals surface area (Å²) in [4.78, 5) is 29.7. The summed E-state index contributed by atoms with van der Waals surface area (Å²) in [6.45, 7) is 3.35. The van der Waals surface area contributed by atoms with Crippen molar-refractivity contribution in [2.24, 2.45) is 0 Å². The van der Waals surface area contributed by atoms with Crippen molar-refractivity contribution in [2.45, 2.75) is 35.5 Å². The van der Waals surface area contributed by atoms with Crippen LogP contribution in [0.25, 0.3) is 0 Å². The number of methoxy groups -OCH3 is 2. The van der Waals surface area contributed by atoms with Gasteiger partial charge in [0, 0.05) is 65.9 Å². The second-order valence-electron chi connectivity index (χ2n) is 9.16. The molecule has 1 aliphatic rings. The van der Waals surface area contributed by atoms with E-state index in [1.807, 2.05) is 54.3 Å². The summed E-state index contributed by atoms with van der Waals surface area (Å²) in [7, 11) is 3.19. The molecule has 40 heavy (non-hydrogen) atoms. The molecule has 5 rings (SSSR count). The first-order chi connectivity index (χ1) is 19.5. The van der Waals surface area contributed by atoms with Crippen LogP contribution >= 0.6 is 23.3 Å². The second-order valence-corrected chi connectivity index (χ2v) is 11.1. The first kappa shape index (κ1) is 27.8. The van der Waals surface area contributed by atoms with Crippen molar-refractivity contribution in [3.05, 3.63) is 66.4 Å². The van der Waals surface area contributed by atoms with Gasteiger partial charge in [0.25, 0.3) is 0 Å². The van der Waals surface area contributed by atoms with Gasteiger partial charge < -0.3 is 24.4 Å². The van der Waals surface area contributed by atoms with Gasteiger partial charge in [0.15, 0.2) is 11.6 Å². The Labute approximate surface area is 241 Å². The number of nitrogens with one attached hydrogen (secondary N) is 1. The van der Waals surface area contributed by atoms with Crippen LogP contribution in [0.1, 0.15) is 30.3 Å². The van der Waals surface area contributed by atoms with Gasteiger partial charge in [-0.2, -0.15) is 4.37 Å². The summed E-state index contributed by atoms with van der Waals surface area (Å²) >= 11 is 2.84. The number of aromatic nitrogens is 4. The molecule has 1 aliphatic heterocycles. The van der Waals surface area contributed by atoms with Gasteiger partial charge in [-0.15, -0.1) is 0 Å². The molecule has 0 saturated carbocycles. The number of rotatable bonds is 10. The van der Waals surface area contributed by atoms with Crippen LogP contribution in [0.4, 0.5) is 10.9 Å². The van der Waals surface area contributed by atoms with E-state index in [1.54, 1.807) is 31.3 Å². The van der Waals surface area contributed by atoms with Gasteiger partial charge in [-0.05, 0) is 50.1 Å². The van der Waals surface area contributed by atoms with Crippen molar-refractivity contribution >= 4 is 40.2 Å². The van der Waals surface area contributed by atoms with E-state index < -0.39 is 0 Å². The highest BCUT2D eigenvalue weighted by atomic mass is 32.2. The number of piperidine rings is 1. The Morgan fingerprint density at radius 2 is 1.95 bits per heavy atom. The molecular formula is C28H30N6O4S2. The maximum Gasteiger partial charge on any atom is 0.248 e. The molecule has 1 amide bonds. The molecule has 10 nitrogen and oxygen atoms in total. The van der Waals surface area contributed by atoms with Crippen LogP contribution in [0.3, 0.4) is 0 Å². The minimum atomic E-state index is 0.0185. The van der Waals surface area contributed by atoms with E-state index in [2.05, 4.69) is 19.7 Å². The molecule has 4 heterocycles. The number of hydrogen-bond acceptors (Lipinski definition) is 11. The largest absolute Gasteiger partial charge is 0.497 e. The Balaban J connectivity index is 1.33. The number of hydrogen-bond donors (Lipinski definition) is 1. The number of nitrogens with zero attached hydrogens (tertiary/aromatic N) is 5. The van der Waals surface area contributed by atoms with Crippen LogP contribution in [0.2, 0.25) is 0 Å². The molecule has 1 fully saturated rings. The number of benzene rings is 1. The van der Waals surface area contributed by atoms with E-state index in [1.165, 1.54) is 18.6 Å². The van der Waals surface area contributed by atoms with Crippen LogP contribution in [0.15, 0.2) is 64.6 Å². The zero-order chi connectivity index (χ0) is 27.9. The zero-order valence-corrected chi connectivity index (χ0v) is 24.1. The van der Waals surface area contributed by atoms with Gasteiger partial charge in [-0.1, -0.05) is 17.8 Å². The van der Waals surface area contributed by atoms with Crippen molar-refractivity contribution in [3.63, 3.8) is 0 Å². The van der Waals surface area contributed by atoms with Gasteiger partial charge >= 0.3 is 0 Å². The maximum absolute atomic E-state index is 12.1. The lowest BCUT2D eigenvalue weighted by molar-refractivity contribution is -0.136. The molecule has 208 valence electrons. The lowest BCUT2D eigenvalue weighted by Crippen LogP contribution is -2.39.